The number of hydrogen-bond donors (Lipinski definition) is 0. The van der Waals surface area contributed by atoms with Crippen molar-refractivity contribution >= 4 is 11.8 Å². The van der Waals surface area contributed by atoms with Crippen LogP contribution in [0.1, 0.15) is 29.6 Å². The molecule has 1 aliphatic heterocycles. The summed E-state index contributed by atoms with van der Waals surface area (Å²) in [6.07, 6.45) is 7.20. The van der Waals surface area contributed by atoms with Gasteiger partial charge in [-0.05, 0) is 49.2 Å². The first-order chi connectivity index (χ1) is 12.2. The fourth-order valence-corrected chi connectivity index (χ4v) is 3.51. The first-order valence-electron chi connectivity index (χ1n) is 9.04. The lowest BCUT2D eigenvalue weighted by atomic mass is 9.84. The van der Waals surface area contributed by atoms with E-state index in [1.165, 1.54) is 6.42 Å². The molecule has 5 nitrogen and oxygen atoms in total. The largest absolute Gasteiger partial charge is 0.339 e. The van der Waals surface area contributed by atoms with Gasteiger partial charge in [0.15, 0.2) is 0 Å². The van der Waals surface area contributed by atoms with Crippen LogP contribution in [-0.4, -0.2) is 52.4 Å². The van der Waals surface area contributed by atoms with E-state index in [9.17, 15) is 9.59 Å². The molecule has 0 radical (unpaired) electrons. The van der Waals surface area contributed by atoms with Gasteiger partial charge in [0.2, 0.25) is 5.91 Å². The maximum atomic E-state index is 12.7. The van der Waals surface area contributed by atoms with Gasteiger partial charge in [-0.3, -0.25) is 9.59 Å². The predicted octanol–water partition coefficient (Wildman–Crippen LogP) is 2.56. The molecule has 1 saturated heterocycles. The second kappa shape index (κ2) is 6.75. The molecule has 0 atom stereocenters. The lowest BCUT2D eigenvalue weighted by molar-refractivity contribution is -0.139. The Bertz CT molecular complexity index is 740. The molecule has 2 aromatic rings. The lowest BCUT2D eigenvalue weighted by Crippen LogP contribution is -2.52. The van der Waals surface area contributed by atoms with Gasteiger partial charge in [-0.15, -0.1) is 0 Å². The molecule has 130 valence electrons. The van der Waals surface area contributed by atoms with Gasteiger partial charge in [0.25, 0.3) is 5.91 Å². The number of piperazine rings is 1. The molecule has 2 heterocycles. The highest BCUT2D eigenvalue weighted by Gasteiger charge is 2.32. The fraction of sp³-hybridized carbons (Fsp3) is 0.400. The second-order valence-corrected chi connectivity index (χ2v) is 6.88. The molecule has 5 heteroatoms. The smallest absolute Gasteiger partial charge is 0.253 e. The average Bonchev–Trinajstić information content (AvgIpc) is 3.14. The highest BCUT2D eigenvalue weighted by molar-refractivity contribution is 5.94. The number of hydrogen-bond acceptors (Lipinski definition) is 2. The molecule has 4 rings (SSSR count). The molecule has 0 unspecified atom stereocenters. The van der Waals surface area contributed by atoms with Crippen LogP contribution < -0.4 is 0 Å². The number of amides is 2. The van der Waals surface area contributed by atoms with Crippen molar-refractivity contribution in [1.82, 2.24) is 14.4 Å². The van der Waals surface area contributed by atoms with Crippen molar-refractivity contribution in [2.75, 3.05) is 26.2 Å². The minimum atomic E-state index is 0.0507. The van der Waals surface area contributed by atoms with E-state index in [0.717, 1.165) is 18.5 Å². The Morgan fingerprint density at radius 3 is 2.00 bits per heavy atom. The number of nitrogens with zero attached hydrogens (tertiary/aromatic N) is 3. The fourth-order valence-electron chi connectivity index (χ4n) is 3.51. The van der Waals surface area contributed by atoms with Gasteiger partial charge in [0.1, 0.15) is 0 Å². The SMILES string of the molecule is O=C(c1ccc(-n2cccc2)cc1)N1CCN(C(=O)C2CCC2)CC1. The summed E-state index contributed by atoms with van der Waals surface area (Å²) in [5, 5.41) is 0. The van der Waals surface area contributed by atoms with Crippen LogP contribution in [0.25, 0.3) is 5.69 Å². The zero-order valence-corrected chi connectivity index (χ0v) is 14.3. The molecule has 2 amide bonds. The Labute approximate surface area is 147 Å². The van der Waals surface area contributed by atoms with Crippen LogP contribution in [0.15, 0.2) is 48.8 Å². The highest BCUT2D eigenvalue weighted by Crippen LogP contribution is 2.28. The molecular formula is C20H23N3O2. The molecule has 1 aliphatic carbocycles. The third kappa shape index (κ3) is 3.18. The maximum Gasteiger partial charge on any atom is 0.253 e. The van der Waals surface area contributed by atoms with E-state index < -0.39 is 0 Å². The van der Waals surface area contributed by atoms with Crippen LogP contribution in [0.4, 0.5) is 0 Å². The third-order valence-corrected chi connectivity index (χ3v) is 5.35. The zero-order chi connectivity index (χ0) is 17.2. The van der Waals surface area contributed by atoms with Gasteiger partial charge in [-0.1, -0.05) is 6.42 Å². The summed E-state index contributed by atoms with van der Waals surface area (Å²) >= 11 is 0. The van der Waals surface area contributed by atoms with Gasteiger partial charge in [-0.25, -0.2) is 0 Å². The number of aromatic nitrogens is 1. The molecule has 1 aromatic carbocycles. The van der Waals surface area contributed by atoms with Crippen molar-refractivity contribution in [3.05, 3.63) is 54.4 Å². The molecule has 25 heavy (non-hydrogen) atoms. The van der Waals surface area contributed by atoms with Gasteiger partial charge < -0.3 is 14.4 Å². The standard InChI is InChI=1S/C20H23N3O2/c24-19(16-4-3-5-16)22-12-14-23(15-13-22)20(25)17-6-8-18(9-7-17)21-10-1-2-11-21/h1-2,6-11,16H,3-5,12-15H2. The Hall–Kier alpha value is -2.56. The zero-order valence-electron chi connectivity index (χ0n) is 14.3. The predicted molar refractivity (Wildman–Crippen MR) is 95.6 cm³/mol. The third-order valence-electron chi connectivity index (χ3n) is 5.35. The molecule has 0 bridgehead atoms. The van der Waals surface area contributed by atoms with Crippen molar-refractivity contribution in [2.24, 2.45) is 5.92 Å². The minimum Gasteiger partial charge on any atom is -0.339 e. The van der Waals surface area contributed by atoms with Crippen LogP contribution in [0.5, 0.6) is 0 Å². The van der Waals surface area contributed by atoms with E-state index >= 15 is 0 Å². The van der Waals surface area contributed by atoms with Crippen LogP contribution in [0, 0.1) is 5.92 Å². The summed E-state index contributed by atoms with van der Waals surface area (Å²) in [6, 6.07) is 11.6. The van der Waals surface area contributed by atoms with Crippen molar-refractivity contribution in [1.29, 1.82) is 0 Å². The Kier molecular flexibility index (Phi) is 4.30. The number of rotatable bonds is 3. The van der Waals surface area contributed by atoms with Crippen molar-refractivity contribution in [3.63, 3.8) is 0 Å². The lowest BCUT2D eigenvalue weighted by Gasteiger charge is -2.38. The van der Waals surface area contributed by atoms with E-state index in [4.69, 9.17) is 0 Å². The summed E-state index contributed by atoms with van der Waals surface area (Å²) in [5.41, 5.74) is 1.74. The van der Waals surface area contributed by atoms with Crippen LogP contribution >= 0.6 is 0 Å². The maximum absolute atomic E-state index is 12.7. The Morgan fingerprint density at radius 1 is 0.840 bits per heavy atom. The van der Waals surface area contributed by atoms with E-state index in [2.05, 4.69) is 0 Å². The summed E-state index contributed by atoms with van der Waals surface area (Å²) in [5.74, 6) is 0.577. The molecule has 0 N–H and O–H groups in total. The van der Waals surface area contributed by atoms with E-state index in [-0.39, 0.29) is 17.7 Å². The molecule has 0 spiro atoms. The first-order valence-corrected chi connectivity index (χ1v) is 9.04. The van der Waals surface area contributed by atoms with Crippen LogP contribution in [0.3, 0.4) is 0 Å². The highest BCUT2D eigenvalue weighted by atomic mass is 16.2. The van der Waals surface area contributed by atoms with E-state index in [1.54, 1.807) is 0 Å². The van der Waals surface area contributed by atoms with Crippen LogP contribution in [0.2, 0.25) is 0 Å². The molecule has 1 saturated carbocycles. The van der Waals surface area contributed by atoms with Crippen molar-refractivity contribution in [2.45, 2.75) is 19.3 Å². The number of benzene rings is 1. The quantitative estimate of drug-likeness (QED) is 0.864. The molecule has 2 aliphatic rings. The monoisotopic (exact) mass is 337 g/mol. The molecule has 2 fully saturated rings. The number of carbonyl (C=O) groups is 2. The Morgan fingerprint density at radius 2 is 1.44 bits per heavy atom. The molecule has 1 aromatic heterocycles. The van der Waals surface area contributed by atoms with E-state index in [0.29, 0.717) is 31.7 Å². The van der Waals surface area contributed by atoms with Gasteiger partial charge in [0, 0.05) is 55.7 Å². The summed E-state index contributed by atoms with van der Waals surface area (Å²) in [4.78, 5) is 28.8. The summed E-state index contributed by atoms with van der Waals surface area (Å²) in [7, 11) is 0. The van der Waals surface area contributed by atoms with Gasteiger partial charge >= 0.3 is 0 Å². The van der Waals surface area contributed by atoms with Crippen LogP contribution in [-0.2, 0) is 4.79 Å². The normalized spacial score (nSPS) is 18.1. The van der Waals surface area contributed by atoms with Gasteiger partial charge in [0.05, 0.1) is 0 Å². The minimum absolute atomic E-state index is 0.0507. The van der Waals surface area contributed by atoms with Crippen molar-refractivity contribution in [3.8, 4) is 5.69 Å². The molecular weight excluding hydrogens is 314 g/mol. The second-order valence-electron chi connectivity index (χ2n) is 6.88. The summed E-state index contributed by atoms with van der Waals surface area (Å²) in [6.45, 7) is 2.55. The van der Waals surface area contributed by atoms with Gasteiger partial charge in [-0.2, -0.15) is 0 Å². The van der Waals surface area contributed by atoms with Crippen molar-refractivity contribution < 1.29 is 9.59 Å². The number of carbonyl (C=O) groups excluding carboxylic acids is 2. The first kappa shape index (κ1) is 15.9. The summed E-state index contributed by atoms with van der Waals surface area (Å²) < 4.78 is 2.01. The average molecular weight is 337 g/mol. The van der Waals surface area contributed by atoms with E-state index in [1.807, 2.05) is 63.2 Å². The topological polar surface area (TPSA) is 45.6 Å². The Balaban J connectivity index is 1.36.